The minimum atomic E-state index is 0.226. The highest BCUT2D eigenvalue weighted by Crippen LogP contribution is 2.45. The maximum atomic E-state index is 6.03. The topological polar surface area (TPSA) is 26.0 Å². The Labute approximate surface area is 100 Å². The lowest BCUT2D eigenvalue weighted by Crippen LogP contribution is -2.37. The summed E-state index contributed by atoms with van der Waals surface area (Å²) in [6, 6.07) is 8.64. The van der Waals surface area contributed by atoms with Crippen LogP contribution < -0.4 is 5.73 Å². The highest BCUT2D eigenvalue weighted by atomic mass is 79.9. The van der Waals surface area contributed by atoms with Crippen LogP contribution in [0, 0.1) is 5.92 Å². The van der Waals surface area contributed by atoms with E-state index < -0.39 is 0 Å². The molecule has 2 N–H and O–H groups in total. The van der Waals surface area contributed by atoms with Crippen LogP contribution in [0.25, 0.3) is 0 Å². The number of hydrogen-bond donors (Lipinski definition) is 1. The van der Waals surface area contributed by atoms with Crippen LogP contribution in [-0.2, 0) is 5.41 Å². The summed E-state index contributed by atoms with van der Waals surface area (Å²) in [5, 5.41) is 0. The van der Waals surface area contributed by atoms with Gasteiger partial charge >= 0.3 is 0 Å². The van der Waals surface area contributed by atoms with Crippen molar-refractivity contribution in [1.29, 1.82) is 0 Å². The van der Waals surface area contributed by atoms with Crippen LogP contribution >= 0.6 is 15.9 Å². The van der Waals surface area contributed by atoms with Gasteiger partial charge in [0.1, 0.15) is 0 Å². The first-order valence-corrected chi connectivity index (χ1v) is 6.44. The van der Waals surface area contributed by atoms with Gasteiger partial charge in [-0.1, -0.05) is 41.4 Å². The first-order chi connectivity index (χ1) is 7.19. The van der Waals surface area contributed by atoms with E-state index in [4.69, 9.17) is 5.73 Å². The molecule has 15 heavy (non-hydrogen) atoms. The molecule has 0 spiro atoms. The molecular weight excluding hydrogens is 250 g/mol. The normalized spacial score (nSPS) is 30.7. The lowest BCUT2D eigenvalue weighted by atomic mass is 9.73. The average Bonchev–Trinajstić information content (AvgIpc) is 2.61. The molecule has 1 aliphatic carbocycles. The van der Waals surface area contributed by atoms with Crippen LogP contribution in [0.3, 0.4) is 0 Å². The van der Waals surface area contributed by atoms with Gasteiger partial charge in [-0.25, -0.2) is 0 Å². The fourth-order valence-electron chi connectivity index (χ4n) is 2.89. The van der Waals surface area contributed by atoms with E-state index in [0.717, 1.165) is 11.0 Å². The maximum Gasteiger partial charge on any atom is 0.0178 e. The summed E-state index contributed by atoms with van der Waals surface area (Å²) in [4.78, 5) is 0. The van der Waals surface area contributed by atoms with Crippen LogP contribution in [0.1, 0.15) is 31.7 Å². The van der Waals surface area contributed by atoms with Crippen molar-refractivity contribution in [2.75, 3.05) is 6.54 Å². The van der Waals surface area contributed by atoms with Crippen molar-refractivity contribution < 1.29 is 0 Å². The van der Waals surface area contributed by atoms with Gasteiger partial charge in [-0.05, 0) is 36.5 Å². The lowest BCUT2D eigenvalue weighted by molar-refractivity contribution is 0.346. The van der Waals surface area contributed by atoms with E-state index in [1.807, 2.05) is 0 Å². The van der Waals surface area contributed by atoms with Gasteiger partial charge in [0.05, 0.1) is 0 Å². The van der Waals surface area contributed by atoms with E-state index in [2.05, 4.69) is 47.1 Å². The van der Waals surface area contributed by atoms with Crippen molar-refractivity contribution in [3.05, 3.63) is 34.3 Å². The molecule has 2 atom stereocenters. The minimum Gasteiger partial charge on any atom is -0.330 e. The molecule has 2 rings (SSSR count). The monoisotopic (exact) mass is 267 g/mol. The van der Waals surface area contributed by atoms with Gasteiger partial charge in [-0.2, -0.15) is 0 Å². The molecule has 0 aromatic heterocycles. The quantitative estimate of drug-likeness (QED) is 0.873. The summed E-state index contributed by atoms with van der Waals surface area (Å²) in [7, 11) is 0. The minimum absolute atomic E-state index is 0.226. The number of nitrogens with two attached hydrogens (primary N) is 1. The van der Waals surface area contributed by atoms with E-state index in [1.54, 1.807) is 0 Å². The SMILES string of the molecule is CC1CCCC1(CN)c1cccc(Br)c1. The molecule has 0 amide bonds. The fraction of sp³-hybridized carbons (Fsp3) is 0.538. The van der Waals surface area contributed by atoms with Crippen molar-refractivity contribution in [2.24, 2.45) is 11.7 Å². The van der Waals surface area contributed by atoms with Crippen molar-refractivity contribution in [1.82, 2.24) is 0 Å². The third kappa shape index (κ3) is 1.85. The summed E-state index contributed by atoms with van der Waals surface area (Å²) in [6.07, 6.45) is 3.86. The molecule has 1 saturated carbocycles. The molecule has 1 fully saturated rings. The largest absolute Gasteiger partial charge is 0.330 e. The molecule has 1 aromatic carbocycles. The number of halogens is 1. The van der Waals surface area contributed by atoms with E-state index >= 15 is 0 Å². The highest BCUT2D eigenvalue weighted by Gasteiger charge is 2.40. The highest BCUT2D eigenvalue weighted by molar-refractivity contribution is 9.10. The van der Waals surface area contributed by atoms with Gasteiger partial charge < -0.3 is 5.73 Å². The van der Waals surface area contributed by atoms with Gasteiger partial charge in [0.15, 0.2) is 0 Å². The molecule has 0 aliphatic heterocycles. The van der Waals surface area contributed by atoms with Crippen LogP contribution in [0.15, 0.2) is 28.7 Å². The zero-order valence-corrected chi connectivity index (χ0v) is 10.8. The molecule has 0 bridgehead atoms. The second-order valence-electron chi connectivity index (χ2n) is 4.66. The Balaban J connectivity index is 2.42. The summed E-state index contributed by atoms with van der Waals surface area (Å²) in [5.74, 6) is 0.705. The molecule has 0 heterocycles. The second-order valence-corrected chi connectivity index (χ2v) is 5.58. The van der Waals surface area contributed by atoms with Gasteiger partial charge in [0.2, 0.25) is 0 Å². The molecule has 2 unspecified atom stereocenters. The van der Waals surface area contributed by atoms with Gasteiger partial charge in [0.25, 0.3) is 0 Å². The smallest absolute Gasteiger partial charge is 0.0178 e. The van der Waals surface area contributed by atoms with E-state index in [1.165, 1.54) is 24.8 Å². The van der Waals surface area contributed by atoms with Crippen molar-refractivity contribution in [2.45, 2.75) is 31.6 Å². The lowest BCUT2D eigenvalue weighted by Gasteiger charge is -2.33. The molecule has 1 nitrogen and oxygen atoms in total. The summed E-state index contributed by atoms with van der Waals surface area (Å²) in [5.41, 5.74) is 7.66. The third-order valence-electron chi connectivity index (χ3n) is 3.97. The molecule has 0 saturated heterocycles. The number of benzene rings is 1. The van der Waals surface area contributed by atoms with Gasteiger partial charge in [-0.15, -0.1) is 0 Å². The molecule has 1 aromatic rings. The standard InChI is InChI=1S/C13H18BrN/c1-10-4-3-7-13(10,9-15)11-5-2-6-12(14)8-11/h2,5-6,8,10H,3-4,7,9,15H2,1H3. The molecule has 0 radical (unpaired) electrons. The van der Waals surface area contributed by atoms with Gasteiger partial charge in [-0.3, -0.25) is 0 Å². The third-order valence-corrected chi connectivity index (χ3v) is 4.46. The number of hydrogen-bond acceptors (Lipinski definition) is 1. The Morgan fingerprint density at radius 2 is 2.33 bits per heavy atom. The second kappa shape index (κ2) is 4.26. The summed E-state index contributed by atoms with van der Waals surface area (Å²) in [6.45, 7) is 3.10. The van der Waals surface area contributed by atoms with Crippen molar-refractivity contribution in [3.8, 4) is 0 Å². The molecular formula is C13H18BrN. The first-order valence-electron chi connectivity index (χ1n) is 5.65. The zero-order chi connectivity index (χ0) is 10.9. The van der Waals surface area contributed by atoms with Crippen LogP contribution in [0.4, 0.5) is 0 Å². The van der Waals surface area contributed by atoms with E-state index in [0.29, 0.717) is 5.92 Å². The Bertz CT molecular complexity index is 350. The fourth-order valence-corrected chi connectivity index (χ4v) is 3.29. The zero-order valence-electron chi connectivity index (χ0n) is 9.17. The van der Waals surface area contributed by atoms with E-state index in [9.17, 15) is 0 Å². The Kier molecular flexibility index (Phi) is 3.17. The average molecular weight is 268 g/mol. The van der Waals surface area contributed by atoms with Crippen molar-refractivity contribution in [3.63, 3.8) is 0 Å². The van der Waals surface area contributed by atoms with Gasteiger partial charge in [0, 0.05) is 16.4 Å². The van der Waals surface area contributed by atoms with E-state index in [-0.39, 0.29) is 5.41 Å². The summed E-state index contributed by atoms with van der Waals surface area (Å²) >= 11 is 3.54. The number of rotatable bonds is 2. The summed E-state index contributed by atoms with van der Waals surface area (Å²) < 4.78 is 1.16. The predicted molar refractivity (Wildman–Crippen MR) is 67.9 cm³/mol. The molecule has 1 aliphatic rings. The first kappa shape index (κ1) is 11.2. The Morgan fingerprint density at radius 1 is 1.53 bits per heavy atom. The Hall–Kier alpha value is -0.340. The van der Waals surface area contributed by atoms with Crippen molar-refractivity contribution >= 4 is 15.9 Å². The predicted octanol–water partition coefficient (Wildman–Crippen LogP) is 3.47. The van der Waals surface area contributed by atoms with Crippen LogP contribution in [0.5, 0.6) is 0 Å². The molecule has 82 valence electrons. The Morgan fingerprint density at radius 3 is 2.87 bits per heavy atom. The van der Waals surface area contributed by atoms with Crippen LogP contribution in [0.2, 0.25) is 0 Å². The maximum absolute atomic E-state index is 6.03. The van der Waals surface area contributed by atoms with Crippen LogP contribution in [-0.4, -0.2) is 6.54 Å². The molecule has 2 heteroatoms.